The van der Waals surface area contributed by atoms with Crippen molar-refractivity contribution in [3.63, 3.8) is 0 Å². The lowest BCUT2D eigenvalue weighted by molar-refractivity contribution is 0.0600. The summed E-state index contributed by atoms with van der Waals surface area (Å²) in [7, 11) is 1.35. The lowest BCUT2D eigenvalue weighted by Crippen LogP contribution is -2.04. The minimum absolute atomic E-state index is 0.0702. The molecule has 4 N–H and O–H groups in total. The lowest BCUT2D eigenvalue weighted by atomic mass is 10.0. The van der Waals surface area contributed by atoms with Crippen molar-refractivity contribution in [2.45, 2.75) is 12.8 Å². The van der Waals surface area contributed by atoms with E-state index in [1.54, 1.807) is 18.3 Å². The highest BCUT2D eigenvalue weighted by atomic mass is 16.5. The third-order valence-electron chi connectivity index (χ3n) is 3.90. The molecule has 0 aliphatic heterocycles. The van der Waals surface area contributed by atoms with E-state index in [1.807, 2.05) is 12.1 Å². The van der Waals surface area contributed by atoms with Crippen molar-refractivity contribution in [2.24, 2.45) is 0 Å². The smallest absolute Gasteiger partial charge is 0.337 e. The fourth-order valence-corrected chi connectivity index (χ4v) is 2.49. The van der Waals surface area contributed by atoms with E-state index in [-0.39, 0.29) is 17.7 Å². The number of benzene rings is 1. The summed E-state index contributed by atoms with van der Waals surface area (Å²) in [4.78, 5) is 28.1. The van der Waals surface area contributed by atoms with Crippen LogP contribution in [0.15, 0.2) is 37.0 Å². The molecular weight excluding hydrogens is 332 g/mol. The maximum absolute atomic E-state index is 11.5. The molecule has 2 aromatic heterocycles. The quantitative estimate of drug-likeness (QED) is 0.668. The number of aryl methyl sites for hydroxylation is 1. The van der Waals surface area contributed by atoms with Crippen LogP contribution in [0, 0.1) is 0 Å². The predicted octanol–water partition coefficient (Wildman–Crippen LogP) is 2.02. The molecule has 0 aliphatic carbocycles. The first-order valence-corrected chi connectivity index (χ1v) is 7.89. The van der Waals surface area contributed by atoms with Gasteiger partial charge in [0.25, 0.3) is 0 Å². The average Bonchev–Trinajstić information content (AvgIpc) is 2.65. The normalized spacial score (nSPS) is 10.7. The summed E-state index contributed by atoms with van der Waals surface area (Å²) in [5.74, 6) is -0.0889. The van der Waals surface area contributed by atoms with Gasteiger partial charge in [-0.1, -0.05) is 18.7 Å². The van der Waals surface area contributed by atoms with Crippen molar-refractivity contribution in [3.05, 3.63) is 53.9 Å². The monoisotopic (exact) mass is 350 g/mol. The fourth-order valence-electron chi connectivity index (χ4n) is 2.49. The summed E-state index contributed by atoms with van der Waals surface area (Å²) in [5, 5.41) is 0. The topological polar surface area (TPSA) is 130 Å². The van der Waals surface area contributed by atoms with Crippen LogP contribution < -0.4 is 11.5 Å². The molecule has 0 fully saturated rings. The number of methoxy groups -OCH3 is 1. The van der Waals surface area contributed by atoms with E-state index in [1.165, 1.54) is 7.11 Å². The van der Waals surface area contributed by atoms with E-state index < -0.39 is 0 Å². The number of aromatic nitrogens is 4. The molecular formula is C18H18N6O2. The van der Waals surface area contributed by atoms with Gasteiger partial charge in [0.2, 0.25) is 5.95 Å². The van der Waals surface area contributed by atoms with Crippen LogP contribution in [-0.4, -0.2) is 33.0 Å². The molecule has 1 aromatic carbocycles. The van der Waals surface area contributed by atoms with Crippen LogP contribution in [0.1, 0.15) is 28.0 Å². The second kappa shape index (κ2) is 7.14. The van der Waals surface area contributed by atoms with E-state index in [4.69, 9.17) is 11.5 Å². The molecule has 0 radical (unpaired) electrons. The summed E-state index contributed by atoms with van der Waals surface area (Å²) < 4.78 is 4.69. The molecule has 0 amide bonds. The van der Waals surface area contributed by atoms with Crippen molar-refractivity contribution in [3.8, 4) is 0 Å². The average molecular weight is 350 g/mol. The third-order valence-corrected chi connectivity index (χ3v) is 3.90. The number of nitrogen functional groups attached to an aromatic ring is 2. The number of hydrogen-bond donors (Lipinski definition) is 2. The zero-order chi connectivity index (χ0) is 18.7. The van der Waals surface area contributed by atoms with Gasteiger partial charge in [-0.05, 0) is 36.1 Å². The van der Waals surface area contributed by atoms with Crippen LogP contribution >= 0.6 is 0 Å². The van der Waals surface area contributed by atoms with Crippen LogP contribution in [0.5, 0.6) is 0 Å². The Bertz CT molecular complexity index is 985. The second-order valence-electron chi connectivity index (χ2n) is 5.67. The number of carbonyl (C=O) groups is 1. The summed E-state index contributed by atoms with van der Waals surface area (Å²) in [6.45, 7) is 4.10. The van der Waals surface area contributed by atoms with E-state index in [2.05, 4.69) is 31.3 Å². The number of esters is 1. The van der Waals surface area contributed by atoms with E-state index in [9.17, 15) is 4.79 Å². The summed E-state index contributed by atoms with van der Waals surface area (Å²) >= 11 is 0. The first kappa shape index (κ1) is 17.3. The number of nitrogens with zero attached hydrogens (tertiary/aromatic N) is 4. The van der Waals surface area contributed by atoms with Crippen LogP contribution in [0.4, 0.5) is 11.8 Å². The molecule has 3 aromatic rings. The van der Waals surface area contributed by atoms with Gasteiger partial charge in [-0.25, -0.2) is 14.8 Å². The van der Waals surface area contributed by atoms with E-state index >= 15 is 0 Å². The number of hydrogen-bond acceptors (Lipinski definition) is 8. The second-order valence-corrected chi connectivity index (χ2v) is 5.67. The van der Waals surface area contributed by atoms with Gasteiger partial charge >= 0.3 is 5.97 Å². The van der Waals surface area contributed by atoms with Gasteiger partial charge in [0.15, 0.2) is 17.0 Å². The van der Waals surface area contributed by atoms with Crippen molar-refractivity contribution in [2.75, 3.05) is 18.6 Å². The minimum atomic E-state index is -0.367. The summed E-state index contributed by atoms with van der Waals surface area (Å²) in [5.41, 5.74) is 15.3. The minimum Gasteiger partial charge on any atom is -0.465 e. The first-order chi connectivity index (χ1) is 12.5. The Morgan fingerprint density at radius 3 is 2.50 bits per heavy atom. The number of carbonyl (C=O) groups excluding carboxylic acids is 1. The van der Waals surface area contributed by atoms with Crippen molar-refractivity contribution in [1.29, 1.82) is 0 Å². The highest BCUT2D eigenvalue weighted by molar-refractivity contribution is 5.89. The van der Waals surface area contributed by atoms with E-state index in [0.29, 0.717) is 29.6 Å². The number of nitrogens with two attached hydrogens (primary N) is 2. The standard InChI is InChI=1S/C18H18N6O2/c1-10(11-4-6-12(7-5-11)17(25)26-2)3-8-13-9-21-16-14(22-13)15(19)23-18(20)24-16/h4-7,9H,1,3,8H2,2H3,(H4,19,20,21,23,24). The third kappa shape index (κ3) is 3.59. The van der Waals surface area contributed by atoms with Gasteiger partial charge in [-0.2, -0.15) is 9.97 Å². The highest BCUT2D eigenvalue weighted by Crippen LogP contribution is 2.20. The van der Waals surface area contributed by atoms with Crippen molar-refractivity contribution < 1.29 is 9.53 Å². The van der Waals surface area contributed by atoms with Gasteiger partial charge in [0.05, 0.1) is 24.6 Å². The van der Waals surface area contributed by atoms with Gasteiger partial charge in [0, 0.05) is 0 Å². The Labute approximate surface area is 150 Å². The lowest BCUT2D eigenvalue weighted by Gasteiger charge is -2.08. The Kier molecular flexibility index (Phi) is 4.74. The molecule has 3 rings (SSSR count). The maximum atomic E-state index is 11.5. The zero-order valence-corrected chi connectivity index (χ0v) is 14.3. The molecule has 0 unspecified atom stereocenters. The first-order valence-electron chi connectivity index (χ1n) is 7.89. The molecule has 26 heavy (non-hydrogen) atoms. The molecule has 0 atom stereocenters. The predicted molar refractivity (Wildman–Crippen MR) is 99.1 cm³/mol. The molecule has 132 valence electrons. The van der Waals surface area contributed by atoms with Crippen LogP contribution in [0.3, 0.4) is 0 Å². The number of ether oxygens (including phenoxy) is 1. The molecule has 2 heterocycles. The molecule has 0 saturated heterocycles. The Morgan fingerprint density at radius 2 is 1.81 bits per heavy atom. The molecule has 8 nitrogen and oxygen atoms in total. The molecule has 8 heteroatoms. The van der Waals surface area contributed by atoms with Gasteiger partial charge in [-0.3, -0.25) is 0 Å². The van der Waals surface area contributed by atoms with E-state index in [0.717, 1.165) is 16.8 Å². The molecule has 0 bridgehead atoms. The van der Waals surface area contributed by atoms with Crippen LogP contribution in [0.25, 0.3) is 16.7 Å². The summed E-state index contributed by atoms with van der Waals surface area (Å²) in [6.07, 6.45) is 2.94. The largest absolute Gasteiger partial charge is 0.465 e. The number of anilines is 2. The summed E-state index contributed by atoms with van der Waals surface area (Å²) in [6, 6.07) is 7.11. The van der Waals surface area contributed by atoms with Gasteiger partial charge in [0.1, 0.15) is 0 Å². The SMILES string of the molecule is C=C(CCc1cnc2nc(N)nc(N)c2n1)c1ccc(C(=O)OC)cc1. The number of fused-ring (bicyclic) bond motifs is 1. The Morgan fingerprint density at radius 1 is 1.12 bits per heavy atom. The molecule has 0 aliphatic rings. The number of allylic oxidation sites excluding steroid dienone is 1. The molecule has 0 spiro atoms. The highest BCUT2D eigenvalue weighted by Gasteiger charge is 2.09. The van der Waals surface area contributed by atoms with Gasteiger partial charge < -0.3 is 16.2 Å². The van der Waals surface area contributed by atoms with Crippen molar-refractivity contribution in [1.82, 2.24) is 19.9 Å². The van der Waals surface area contributed by atoms with Gasteiger partial charge in [-0.15, -0.1) is 0 Å². The van der Waals surface area contributed by atoms with Crippen molar-refractivity contribution >= 4 is 34.5 Å². The zero-order valence-electron chi connectivity index (χ0n) is 14.3. The molecule has 0 saturated carbocycles. The van der Waals surface area contributed by atoms with Crippen LogP contribution in [0.2, 0.25) is 0 Å². The maximum Gasteiger partial charge on any atom is 0.337 e. The number of rotatable bonds is 5. The van der Waals surface area contributed by atoms with Crippen LogP contribution in [-0.2, 0) is 11.2 Å². The Balaban J connectivity index is 1.71. The fraction of sp³-hybridized carbons (Fsp3) is 0.167. The Hall–Kier alpha value is -3.55.